The molecule has 0 aliphatic heterocycles. The van der Waals surface area contributed by atoms with E-state index < -0.39 is 17.0 Å². The van der Waals surface area contributed by atoms with Crippen LogP contribution in [0.5, 0.6) is 0 Å². The van der Waals surface area contributed by atoms with Crippen molar-refractivity contribution in [1.29, 1.82) is 0 Å². The zero-order valence-corrected chi connectivity index (χ0v) is 12.4. The summed E-state index contributed by atoms with van der Waals surface area (Å²) >= 11 is 0. The van der Waals surface area contributed by atoms with E-state index in [1.807, 2.05) is 6.07 Å². The minimum Gasteiger partial charge on any atom is -0.399 e. The van der Waals surface area contributed by atoms with Crippen molar-refractivity contribution in [1.82, 2.24) is 0 Å². The minimum atomic E-state index is -4.12. The molecule has 0 amide bonds. The fourth-order valence-corrected chi connectivity index (χ4v) is 5.94. The van der Waals surface area contributed by atoms with Gasteiger partial charge in [0.1, 0.15) is 0 Å². The number of hydrogen-bond acceptors (Lipinski definition) is 2. The van der Waals surface area contributed by atoms with Gasteiger partial charge in [-0.3, -0.25) is 0 Å². The zero-order chi connectivity index (χ0) is 15.8. The molecule has 5 heteroatoms. The van der Waals surface area contributed by atoms with E-state index in [9.17, 15) is 13.2 Å². The lowest BCUT2D eigenvalue weighted by Gasteiger charge is -2.62. The molecule has 1 aromatic rings. The van der Waals surface area contributed by atoms with Crippen LogP contribution in [-0.4, -0.2) is 6.18 Å². The predicted molar refractivity (Wildman–Crippen MR) is 80.1 cm³/mol. The number of alkyl halides is 3. The third-order valence-corrected chi connectivity index (χ3v) is 6.31. The van der Waals surface area contributed by atoms with Gasteiger partial charge in [0.25, 0.3) is 0 Å². The molecule has 4 saturated carbocycles. The van der Waals surface area contributed by atoms with Crippen molar-refractivity contribution in [3.63, 3.8) is 0 Å². The predicted octanol–water partition coefficient (Wildman–Crippen LogP) is 4.25. The van der Waals surface area contributed by atoms with E-state index in [4.69, 9.17) is 11.5 Å². The van der Waals surface area contributed by atoms with E-state index in [0.717, 1.165) is 24.8 Å². The molecule has 1 aromatic carbocycles. The second kappa shape index (κ2) is 4.12. The maximum Gasteiger partial charge on any atom is 0.394 e. The Bertz CT molecular complexity index is 609. The van der Waals surface area contributed by atoms with Gasteiger partial charge in [0, 0.05) is 11.4 Å². The molecule has 2 nitrogen and oxygen atoms in total. The molecule has 0 radical (unpaired) electrons. The summed E-state index contributed by atoms with van der Waals surface area (Å²) in [7, 11) is 0. The number of benzene rings is 1. The minimum absolute atomic E-state index is 0.170. The normalized spacial score (nSPS) is 40.1. The lowest BCUT2D eigenvalue weighted by atomic mass is 9.42. The molecule has 0 spiro atoms. The molecule has 2 atom stereocenters. The van der Waals surface area contributed by atoms with Crippen LogP contribution in [0.15, 0.2) is 18.2 Å². The molecule has 4 aliphatic rings. The second-order valence-corrected chi connectivity index (χ2v) is 7.87. The molecule has 0 heterocycles. The van der Waals surface area contributed by atoms with Crippen LogP contribution in [0.4, 0.5) is 24.5 Å². The highest BCUT2D eigenvalue weighted by atomic mass is 19.4. The van der Waals surface area contributed by atoms with Crippen LogP contribution in [0, 0.1) is 17.3 Å². The highest BCUT2D eigenvalue weighted by Gasteiger charge is 2.67. The quantitative estimate of drug-likeness (QED) is 0.762. The van der Waals surface area contributed by atoms with Gasteiger partial charge in [0.05, 0.1) is 5.41 Å². The Kier molecular flexibility index (Phi) is 2.66. The zero-order valence-electron chi connectivity index (χ0n) is 12.4. The van der Waals surface area contributed by atoms with Gasteiger partial charge >= 0.3 is 6.18 Å². The molecule has 0 saturated heterocycles. The molecule has 0 aromatic heterocycles. The maximum absolute atomic E-state index is 13.8. The number of nitrogens with two attached hydrogens (primary N) is 2. The van der Waals surface area contributed by atoms with Crippen molar-refractivity contribution < 1.29 is 13.2 Å². The van der Waals surface area contributed by atoms with Gasteiger partial charge in [-0.05, 0) is 79.5 Å². The number of halogens is 3. The Morgan fingerprint density at radius 3 is 2.23 bits per heavy atom. The van der Waals surface area contributed by atoms with E-state index in [-0.39, 0.29) is 18.3 Å². The third-order valence-electron chi connectivity index (χ3n) is 6.31. The van der Waals surface area contributed by atoms with Gasteiger partial charge in [-0.15, -0.1) is 0 Å². The number of rotatable bonds is 1. The fraction of sp³-hybridized carbons (Fsp3) is 0.647. The number of nitrogen functional groups attached to an aromatic ring is 2. The first-order valence-electron chi connectivity index (χ1n) is 7.95. The van der Waals surface area contributed by atoms with Crippen LogP contribution in [-0.2, 0) is 5.41 Å². The average Bonchev–Trinajstić information content (AvgIpc) is 2.38. The van der Waals surface area contributed by atoms with Crippen molar-refractivity contribution >= 4 is 11.4 Å². The van der Waals surface area contributed by atoms with Gasteiger partial charge in [0.2, 0.25) is 0 Å². The Morgan fingerprint density at radius 1 is 1.00 bits per heavy atom. The monoisotopic (exact) mass is 310 g/mol. The summed E-state index contributed by atoms with van der Waals surface area (Å²) in [5.74, 6) is 0.340. The summed E-state index contributed by atoms with van der Waals surface area (Å²) in [5, 5.41) is 0. The van der Waals surface area contributed by atoms with Gasteiger partial charge in [-0.1, -0.05) is 0 Å². The molecule has 5 rings (SSSR count). The van der Waals surface area contributed by atoms with Gasteiger partial charge in [-0.25, -0.2) is 0 Å². The fourth-order valence-electron chi connectivity index (χ4n) is 5.94. The molecule has 4 aliphatic carbocycles. The van der Waals surface area contributed by atoms with Crippen molar-refractivity contribution in [2.75, 3.05) is 11.5 Å². The van der Waals surface area contributed by atoms with Crippen molar-refractivity contribution in [3.8, 4) is 0 Å². The number of hydrogen-bond donors (Lipinski definition) is 2. The van der Waals surface area contributed by atoms with Crippen molar-refractivity contribution in [2.24, 2.45) is 17.3 Å². The van der Waals surface area contributed by atoms with Gasteiger partial charge < -0.3 is 11.5 Å². The molecular formula is C17H21F3N2. The molecular weight excluding hydrogens is 289 g/mol. The topological polar surface area (TPSA) is 52.0 Å². The van der Waals surface area contributed by atoms with Crippen LogP contribution in [0.1, 0.15) is 44.1 Å². The van der Waals surface area contributed by atoms with Crippen LogP contribution in [0.3, 0.4) is 0 Å². The Morgan fingerprint density at radius 2 is 1.64 bits per heavy atom. The first-order valence-corrected chi connectivity index (χ1v) is 7.95. The van der Waals surface area contributed by atoms with Crippen LogP contribution in [0.25, 0.3) is 0 Å². The summed E-state index contributed by atoms with van der Waals surface area (Å²) in [4.78, 5) is 0. The third kappa shape index (κ3) is 1.80. The number of anilines is 2. The van der Waals surface area contributed by atoms with Crippen LogP contribution < -0.4 is 11.5 Å². The Hall–Kier alpha value is -1.39. The van der Waals surface area contributed by atoms with Gasteiger partial charge in [-0.2, -0.15) is 13.2 Å². The lowest BCUT2D eigenvalue weighted by Crippen LogP contribution is -2.59. The molecule has 4 bridgehead atoms. The Balaban J connectivity index is 1.84. The van der Waals surface area contributed by atoms with Crippen molar-refractivity contribution in [3.05, 3.63) is 23.8 Å². The average molecular weight is 310 g/mol. The van der Waals surface area contributed by atoms with Gasteiger partial charge in [0.15, 0.2) is 0 Å². The first kappa shape index (κ1) is 14.2. The second-order valence-electron chi connectivity index (χ2n) is 7.87. The Labute approximate surface area is 128 Å². The maximum atomic E-state index is 13.8. The van der Waals surface area contributed by atoms with E-state index in [1.54, 1.807) is 12.1 Å². The SMILES string of the molecule is Nc1ccc(N)c(C23CC4CC(C2)CC(C(F)(F)F)(C4)C3)c1. The first-order chi connectivity index (χ1) is 10.2. The molecule has 4 N–H and O–H groups in total. The highest BCUT2D eigenvalue weighted by molar-refractivity contribution is 5.59. The smallest absolute Gasteiger partial charge is 0.394 e. The van der Waals surface area contributed by atoms with Crippen LogP contribution in [0.2, 0.25) is 0 Å². The summed E-state index contributed by atoms with van der Waals surface area (Å²) < 4.78 is 41.4. The molecule has 22 heavy (non-hydrogen) atoms. The van der Waals surface area contributed by atoms with Crippen LogP contribution >= 0.6 is 0 Å². The molecule has 4 fully saturated rings. The summed E-state index contributed by atoms with van der Waals surface area (Å²) in [6, 6.07) is 5.27. The molecule has 120 valence electrons. The molecule has 2 unspecified atom stereocenters. The summed E-state index contributed by atoms with van der Waals surface area (Å²) in [6.45, 7) is 0. The van der Waals surface area contributed by atoms with Crippen molar-refractivity contribution in [2.45, 2.75) is 50.1 Å². The lowest BCUT2D eigenvalue weighted by molar-refractivity contribution is -0.277. The van der Waals surface area contributed by atoms with E-state index in [2.05, 4.69) is 0 Å². The van der Waals surface area contributed by atoms with E-state index in [0.29, 0.717) is 24.2 Å². The summed E-state index contributed by atoms with van der Waals surface area (Å²) in [6.07, 6.45) is -0.727. The van der Waals surface area contributed by atoms with E-state index in [1.165, 1.54) is 0 Å². The summed E-state index contributed by atoms with van der Waals surface area (Å²) in [5.41, 5.74) is 12.1. The largest absolute Gasteiger partial charge is 0.399 e. The van der Waals surface area contributed by atoms with E-state index >= 15 is 0 Å². The standard InChI is InChI=1S/C17H21F3N2/c18-17(19,20)16-7-10-3-11(8-16)6-15(5-10,9-16)13-4-12(21)1-2-14(13)22/h1-2,4,10-11H,3,5-9,21-22H2. The highest BCUT2D eigenvalue weighted by Crippen LogP contribution is 2.70.